The van der Waals surface area contributed by atoms with Crippen LogP contribution >= 0.6 is 0 Å². The van der Waals surface area contributed by atoms with Crippen molar-refractivity contribution in [2.45, 2.75) is 39.8 Å². The van der Waals surface area contributed by atoms with Gasteiger partial charge in [0.15, 0.2) is 0 Å². The summed E-state index contributed by atoms with van der Waals surface area (Å²) in [5.41, 5.74) is 1.41. The van der Waals surface area contributed by atoms with Crippen molar-refractivity contribution in [3.05, 3.63) is 35.9 Å². The zero-order valence-electron chi connectivity index (χ0n) is 11.4. The molecule has 2 heteroatoms. The van der Waals surface area contributed by atoms with Crippen molar-refractivity contribution in [2.24, 2.45) is 0 Å². The molecule has 17 heavy (non-hydrogen) atoms. The minimum atomic E-state index is 0.593. The van der Waals surface area contributed by atoms with Gasteiger partial charge in [-0.05, 0) is 32.0 Å². The molecule has 1 atom stereocenters. The molecule has 1 N–H and O–H groups in total. The third-order valence-electron chi connectivity index (χ3n) is 3.05. The molecule has 0 radical (unpaired) electrons. The van der Waals surface area contributed by atoms with E-state index in [2.05, 4.69) is 61.3 Å². The number of benzene rings is 1. The van der Waals surface area contributed by atoms with Gasteiger partial charge in [0.2, 0.25) is 0 Å². The van der Waals surface area contributed by atoms with Gasteiger partial charge < -0.3 is 5.32 Å². The van der Waals surface area contributed by atoms with Gasteiger partial charge in [0, 0.05) is 19.1 Å². The molecule has 0 spiro atoms. The summed E-state index contributed by atoms with van der Waals surface area (Å²) in [7, 11) is 0. The minimum Gasteiger partial charge on any atom is -0.315 e. The van der Waals surface area contributed by atoms with Crippen LogP contribution in [0.3, 0.4) is 0 Å². The van der Waals surface area contributed by atoms with Gasteiger partial charge in [0.05, 0.1) is 0 Å². The maximum atomic E-state index is 3.43. The molecule has 0 bridgehead atoms. The Labute approximate surface area is 106 Å². The van der Waals surface area contributed by atoms with Gasteiger partial charge in [-0.15, -0.1) is 0 Å². The van der Waals surface area contributed by atoms with Crippen molar-refractivity contribution in [3.63, 3.8) is 0 Å². The van der Waals surface area contributed by atoms with Gasteiger partial charge in [0.25, 0.3) is 0 Å². The first-order chi connectivity index (χ1) is 8.27. The lowest BCUT2D eigenvalue weighted by atomic mass is 10.1. The molecule has 96 valence electrons. The molecule has 0 saturated carbocycles. The van der Waals surface area contributed by atoms with E-state index in [9.17, 15) is 0 Å². The highest BCUT2D eigenvalue weighted by Gasteiger charge is 2.12. The minimum absolute atomic E-state index is 0.593. The zero-order chi connectivity index (χ0) is 12.5. The van der Waals surface area contributed by atoms with Crippen LogP contribution in [0.15, 0.2) is 30.3 Å². The van der Waals surface area contributed by atoms with Crippen LogP contribution in [0.25, 0.3) is 0 Å². The Hall–Kier alpha value is -0.860. The Morgan fingerprint density at radius 3 is 2.47 bits per heavy atom. The molecule has 0 amide bonds. The number of rotatable bonds is 8. The van der Waals surface area contributed by atoms with Crippen molar-refractivity contribution in [1.82, 2.24) is 10.2 Å². The first kappa shape index (κ1) is 14.2. The summed E-state index contributed by atoms with van der Waals surface area (Å²) in [6, 6.07) is 11.3. The summed E-state index contributed by atoms with van der Waals surface area (Å²) in [6.07, 6.45) is 1.21. The highest BCUT2D eigenvalue weighted by Crippen LogP contribution is 2.08. The number of likely N-dealkylation sites (N-methyl/N-ethyl adjacent to an activating group) is 1. The predicted molar refractivity (Wildman–Crippen MR) is 75.1 cm³/mol. The van der Waals surface area contributed by atoms with Gasteiger partial charge >= 0.3 is 0 Å². The van der Waals surface area contributed by atoms with E-state index in [-0.39, 0.29) is 0 Å². The Kier molecular flexibility index (Phi) is 6.90. The lowest BCUT2D eigenvalue weighted by Crippen LogP contribution is -2.40. The second-order valence-electron chi connectivity index (χ2n) is 4.61. The molecule has 1 aromatic carbocycles. The van der Waals surface area contributed by atoms with E-state index in [1.807, 2.05) is 0 Å². The highest BCUT2D eigenvalue weighted by atomic mass is 15.2. The normalized spacial score (nSPS) is 12.9. The van der Waals surface area contributed by atoms with E-state index in [4.69, 9.17) is 0 Å². The maximum absolute atomic E-state index is 3.43. The van der Waals surface area contributed by atoms with Crippen molar-refractivity contribution in [3.8, 4) is 0 Å². The molecular weight excluding hydrogens is 208 g/mol. The van der Waals surface area contributed by atoms with Crippen LogP contribution < -0.4 is 5.32 Å². The van der Waals surface area contributed by atoms with Crippen LogP contribution in [0.2, 0.25) is 0 Å². The first-order valence-electron chi connectivity index (χ1n) is 6.76. The predicted octanol–water partition coefficient (Wildman–Crippen LogP) is 2.90. The molecule has 0 aliphatic rings. The van der Waals surface area contributed by atoms with Crippen molar-refractivity contribution in [2.75, 3.05) is 19.6 Å². The molecule has 0 heterocycles. The van der Waals surface area contributed by atoms with Gasteiger partial charge in [0.1, 0.15) is 0 Å². The highest BCUT2D eigenvalue weighted by molar-refractivity contribution is 5.14. The lowest BCUT2D eigenvalue weighted by molar-refractivity contribution is 0.196. The summed E-state index contributed by atoms with van der Waals surface area (Å²) in [6.45, 7) is 11.1. The Morgan fingerprint density at radius 2 is 1.88 bits per heavy atom. The summed E-state index contributed by atoms with van der Waals surface area (Å²) in [5, 5.41) is 3.43. The number of nitrogens with zero attached hydrogens (tertiary/aromatic N) is 1. The smallest absolute Gasteiger partial charge is 0.0237 e. The molecule has 0 aromatic heterocycles. The zero-order valence-corrected chi connectivity index (χ0v) is 11.4. The molecule has 1 unspecified atom stereocenters. The second kappa shape index (κ2) is 8.26. The monoisotopic (exact) mass is 234 g/mol. The molecule has 0 fully saturated rings. The summed E-state index contributed by atoms with van der Waals surface area (Å²) in [5.74, 6) is 0. The Morgan fingerprint density at radius 1 is 1.18 bits per heavy atom. The van der Waals surface area contributed by atoms with Crippen LogP contribution in [0.1, 0.15) is 32.8 Å². The largest absolute Gasteiger partial charge is 0.315 e. The molecular formula is C15H26N2. The molecule has 1 aromatic rings. The van der Waals surface area contributed by atoms with Gasteiger partial charge in [-0.3, -0.25) is 4.90 Å². The van der Waals surface area contributed by atoms with Crippen LogP contribution in [-0.2, 0) is 6.54 Å². The fraction of sp³-hybridized carbons (Fsp3) is 0.600. The van der Waals surface area contributed by atoms with Crippen LogP contribution in [0, 0.1) is 0 Å². The van der Waals surface area contributed by atoms with E-state index >= 15 is 0 Å². The average molecular weight is 234 g/mol. The van der Waals surface area contributed by atoms with Crippen LogP contribution in [0.5, 0.6) is 0 Å². The molecule has 0 aliphatic carbocycles. The average Bonchev–Trinajstić information content (AvgIpc) is 2.36. The first-order valence-corrected chi connectivity index (χ1v) is 6.76. The van der Waals surface area contributed by atoms with E-state index < -0.39 is 0 Å². The summed E-state index contributed by atoms with van der Waals surface area (Å²) < 4.78 is 0. The van der Waals surface area contributed by atoms with E-state index in [1.54, 1.807) is 0 Å². The Bertz CT molecular complexity index is 284. The number of hydrogen-bond acceptors (Lipinski definition) is 2. The molecule has 2 nitrogen and oxygen atoms in total. The summed E-state index contributed by atoms with van der Waals surface area (Å²) in [4.78, 5) is 2.55. The Balaban J connectivity index is 2.53. The molecule has 0 aliphatic heterocycles. The number of hydrogen-bond donors (Lipinski definition) is 1. The molecule has 1 rings (SSSR count). The van der Waals surface area contributed by atoms with Crippen molar-refractivity contribution >= 4 is 0 Å². The standard InChI is InChI=1S/C15H26N2/c1-4-11-17(14(3)12-16-5-2)13-15-9-7-6-8-10-15/h6-10,14,16H,4-5,11-13H2,1-3H3. The van der Waals surface area contributed by atoms with E-state index in [1.165, 1.54) is 18.5 Å². The van der Waals surface area contributed by atoms with Crippen molar-refractivity contribution < 1.29 is 0 Å². The molecule has 0 saturated heterocycles. The van der Waals surface area contributed by atoms with Gasteiger partial charge in [-0.2, -0.15) is 0 Å². The number of nitrogens with one attached hydrogen (secondary N) is 1. The van der Waals surface area contributed by atoms with Gasteiger partial charge in [-0.1, -0.05) is 44.2 Å². The van der Waals surface area contributed by atoms with Gasteiger partial charge in [-0.25, -0.2) is 0 Å². The summed E-state index contributed by atoms with van der Waals surface area (Å²) >= 11 is 0. The van der Waals surface area contributed by atoms with Crippen LogP contribution in [-0.4, -0.2) is 30.6 Å². The quantitative estimate of drug-likeness (QED) is 0.744. The second-order valence-corrected chi connectivity index (χ2v) is 4.61. The topological polar surface area (TPSA) is 15.3 Å². The lowest BCUT2D eigenvalue weighted by Gasteiger charge is -2.29. The maximum Gasteiger partial charge on any atom is 0.0237 e. The third-order valence-corrected chi connectivity index (χ3v) is 3.05. The fourth-order valence-corrected chi connectivity index (χ4v) is 2.04. The van der Waals surface area contributed by atoms with Crippen molar-refractivity contribution in [1.29, 1.82) is 0 Å². The van der Waals surface area contributed by atoms with E-state index in [0.717, 1.165) is 19.6 Å². The van der Waals surface area contributed by atoms with E-state index in [0.29, 0.717) is 6.04 Å². The van der Waals surface area contributed by atoms with Crippen LogP contribution in [0.4, 0.5) is 0 Å². The third kappa shape index (κ3) is 5.33. The SMILES string of the molecule is CCCN(Cc1ccccc1)C(C)CNCC. The fourth-order valence-electron chi connectivity index (χ4n) is 2.04.